The van der Waals surface area contributed by atoms with Gasteiger partial charge in [0.1, 0.15) is 29.3 Å². The molecule has 0 aliphatic rings. The normalized spacial score (nSPS) is 10.9. The largest absolute Gasteiger partial charge is 0.485 e. The van der Waals surface area contributed by atoms with Crippen LogP contribution in [0, 0.1) is 6.92 Å². The number of carbonyl (C=O) groups is 1. The number of aryl methyl sites for hydroxylation is 1. The van der Waals surface area contributed by atoms with Crippen molar-refractivity contribution in [3.8, 4) is 5.75 Å². The number of ether oxygens (including phenoxy) is 2. The van der Waals surface area contributed by atoms with E-state index in [9.17, 15) is 4.79 Å². The molecule has 0 unspecified atom stereocenters. The molecule has 0 radical (unpaired) electrons. The topological polar surface area (TPSA) is 87.6 Å². The Balaban J connectivity index is 1.43. The number of hydrogen-bond donors (Lipinski definition) is 0. The first-order valence-electron chi connectivity index (χ1n) is 8.34. The molecule has 0 aliphatic heterocycles. The molecule has 0 aliphatic carbocycles. The predicted octanol–water partition coefficient (Wildman–Crippen LogP) is 4.06. The number of nitrogens with zero attached hydrogens (tertiary/aromatic N) is 2. The number of esters is 1. The van der Waals surface area contributed by atoms with Crippen LogP contribution in [0.5, 0.6) is 5.75 Å². The maximum atomic E-state index is 12.5. The van der Waals surface area contributed by atoms with Gasteiger partial charge in [-0.15, -0.1) is 0 Å². The minimum absolute atomic E-state index is 0.0336. The minimum Gasteiger partial charge on any atom is -0.485 e. The number of rotatable bonds is 6. The fraction of sp³-hybridized carbons (Fsp3) is 0.150. The van der Waals surface area contributed by atoms with E-state index >= 15 is 0 Å². The molecule has 2 aromatic heterocycles. The summed E-state index contributed by atoms with van der Waals surface area (Å²) in [6, 6.07) is 16.3. The molecule has 4 aromatic rings. The Labute approximate surface area is 154 Å². The van der Waals surface area contributed by atoms with Crippen molar-refractivity contribution >= 4 is 16.9 Å². The fourth-order valence-corrected chi connectivity index (χ4v) is 2.63. The standard InChI is InChI=1S/C20H16N2O5/c1-13-21-19(22-27-13)12-24-18-9-5-3-7-16(18)20(23)25-11-15-10-14-6-2-4-8-17(14)26-15/h2-10H,11-12H2,1H3. The molecule has 0 fully saturated rings. The van der Waals surface area contributed by atoms with Gasteiger partial charge in [0.15, 0.2) is 6.61 Å². The molecule has 0 atom stereocenters. The molecule has 0 N–H and O–H groups in total. The average molecular weight is 364 g/mol. The first-order chi connectivity index (χ1) is 13.2. The van der Waals surface area contributed by atoms with Gasteiger partial charge in [-0.2, -0.15) is 4.98 Å². The highest BCUT2D eigenvalue weighted by Crippen LogP contribution is 2.22. The van der Waals surface area contributed by atoms with Crippen molar-refractivity contribution in [3.63, 3.8) is 0 Å². The predicted molar refractivity (Wildman–Crippen MR) is 95.1 cm³/mol. The minimum atomic E-state index is -0.504. The van der Waals surface area contributed by atoms with Crippen LogP contribution in [0.2, 0.25) is 0 Å². The highest BCUT2D eigenvalue weighted by Gasteiger charge is 2.16. The Bertz CT molecular complexity index is 1050. The van der Waals surface area contributed by atoms with Gasteiger partial charge in [0.2, 0.25) is 11.7 Å². The molecule has 0 saturated carbocycles. The lowest BCUT2D eigenvalue weighted by molar-refractivity contribution is 0.0442. The Hall–Kier alpha value is -3.61. The number of fused-ring (bicyclic) bond motifs is 1. The Morgan fingerprint density at radius 1 is 1.07 bits per heavy atom. The second-order valence-electron chi connectivity index (χ2n) is 5.84. The lowest BCUT2D eigenvalue weighted by atomic mass is 10.2. The molecule has 136 valence electrons. The molecule has 0 bridgehead atoms. The quantitative estimate of drug-likeness (QED) is 0.477. The maximum absolute atomic E-state index is 12.5. The van der Waals surface area contributed by atoms with Gasteiger partial charge in [0, 0.05) is 12.3 Å². The summed E-state index contributed by atoms with van der Waals surface area (Å²) in [6.45, 7) is 1.82. The summed E-state index contributed by atoms with van der Waals surface area (Å²) in [5.74, 6) is 1.31. The van der Waals surface area contributed by atoms with Crippen molar-refractivity contribution < 1.29 is 23.2 Å². The molecule has 2 heterocycles. The van der Waals surface area contributed by atoms with Crippen LogP contribution in [-0.4, -0.2) is 16.1 Å². The van der Waals surface area contributed by atoms with Crippen molar-refractivity contribution in [2.75, 3.05) is 0 Å². The number of carbonyl (C=O) groups excluding carboxylic acids is 1. The van der Waals surface area contributed by atoms with Crippen LogP contribution in [0.4, 0.5) is 0 Å². The summed E-state index contributed by atoms with van der Waals surface area (Å²) in [6.07, 6.45) is 0. The van der Waals surface area contributed by atoms with Gasteiger partial charge in [-0.3, -0.25) is 0 Å². The Kier molecular flexibility index (Phi) is 4.57. The molecule has 0 spiro atoms. The third-order valence-electron chi connectivity index (χ3n) is 3.86. The molecule has 0 amide bonds. The molecule has 2 aromatic carbocycles. The summed E-state index contributed by atoms with van der Waals surface area (Å²) in [7, 11) is 0. The van der Waals surface area contributed by atoms with Crippen LogP contribution >= 0.6 is 0 Å². The highest BCUT2D eigenvalue weighted by molar-refractivity contribution is 5.92. The smallest absolute Gasteiger partial charge is 0.342 e. The van der Waals surface area contributed by atoms with E-state index in [1.165, 1.54) is 0 Å². The second kappa shape index (κ2) is 7.33. The van der Waals surface area contributed by atoms with Crippen molar-refractivity contribution in [2.45, 2.75) is 20.1 Å². The summed E-state index contributed by atoms with van der Waals surface area (Å²) in [5.41, 5.74) is 1.07. The van der Waals surface area contributed by atoms with Crippen LogP contribution in [-0.2, 0) is 18.0 Å². The average Bonchev–Trinajstić information content (AvgIpc) is 3.30. The molecule has 0 saturated heterocycles. The van der Waals surface area contributed by atoms with E-state index in [2.05, 4.69) is 10.1 Å². The van der Waals surface area contributed by atoms with Crippen LogP contribution < -0.4 is 4.74 Å². The van der Waals surface area contributed by atoms with E-state index in [-0.39, 0.29) is 13.2 Å². The number of para-hydroxylation sites is 2. The number of hydrogen-bond acceptors (Lipinski definition) is 7. The molecule has 7 nitrogen and oxygen atoms in total. The van der Waals surface area contributed by atoms with E-state index in [1.54, 1.807) is 31.2 Å². The number of aromatic nitrogens is 2. The summed E-state index contributed by atoms with van der Waals surface area (Å²) in [4.78, 5) is 16.5. The molecule has 4 rings (SSSR count). The van der Waals surface area contributed by atoms with Crippen LogP contribution in [0.3, 0.4) is 0 Å². The van der Waals surface area contributed by atoms with Gasteiger partial charge in [-0.1, -0.05) is 35.5 Å². The molecule has 27 heavy (non-hydrogen) atoms. The zero-order valence-electron chi connectivity index (χ0n) is 14.5. The summed E-state index contributed by atoms with van der Waals surface area (Å²) >= 11 is 0. The van der Waals surface area contributed by atoms with E-state index < -0.39 is 5.97 Å². The number of benzene rings is 2. The van der Waals surface area contributed by atoms with Crippen molar-refractivity contribution in [1.29, 1.82) is 0 Å². The van der Waals surface area contributed by atoms with Crippen molar-refractivity contribution in [2.24, 2.45) is 0 Å². The summed E-state index contributed by atoms with van der Waals surface area (Å²) < 4.78 is 21.6. The van der Waals surface area contributed by atoms with Gasteiger partial charge in [-0.05, 0) is 24.3 Å². The second-order valence-corrected chi connectivity index (χ2v) is 5.84. The van der Waals surface area contributed by atoms with Gasteiger partial charge in [0.05, 0.1) is 0 Å². The monoisotopic (exact) mass is 364 g/mol. The van der Waals surface area contributed by atoms with E-state index in [0.717, 1.165) is 11.0 Å². The first-order valence-corrected chi connectivity index (χ1v) is 8.34. The lowest BCUT2D eigenvalue weighted by Gasteiger charge is -2.09. The maximum Gasteiger partial charge on any atom is 0.342 e. The third-order valence-corrected chi connectivity index (χ3v) is 3.86. The first kappa shape index (κ1) is 16.8. The fourth-order valence-electron chi connectivity index (χ4n) is 2.63. The van der Waals surface area contributed by atoms with Crippen LogP contribution in [0.1, 0.15) is 27.8 Å². The Morgan fingerprint density at radius 3 is 2.70 bits per heavy atom. The Morgan fingerprint density at radius 2 is 1.89 bits per heavy atom. The zero-order chi connectivity index (χ0) is 18.6. The summed E-state index contributed by atoms with van der Waals surface area (Å²) in [5, 5.41) is 4.72. The zero-order valence-corrected chi connectivity index (χ0v) is 14.5. The molecule has 7 heteroatoms. The van der Waals surface area contributed by atoms with E-state index in [4.69, 9.17) is 18.4 Å². The highest BCUT2D eigenvalue weighted by atomic mass is 16.5. The molecular weight excluding hydrogens is 348 g/mol. The van der Waals surface area contributed by atoms with Gasteiger partial charge >= 0.3 is 5.97 Å². The van der Waals surface area contributed by atoms with E-state index in [0.29, 0.717) is 28.8 Å². The van der Waals surface area contributed by atoms with Crippen LogP contribution in [0.15, 0.2) is 63.5 Å². The van der Waals surface area contributed by atoms with Crippen molar-refractivity contribution in [1.82, 2.24) is 10.1 Å². The molecular formula is C20H16N2O5. The SMILES string of the molecule is Cc1nc(COc2ccccc2C(=O)OCc2cc3ccccc3o2)no1. The third kappa shape index (κ3) is 3.82. The van der Waals surface area contributed by atoms with Gasteiger partial charge in [-0.25, -0.2) is 4.79 Å². The lowest BCUT2D eigenvalue weighted by Crippen LogP contribution is -2.08. The van der Waals surface area contributed by atoms with Crippen molar-refractivity contribution in [3.05, 3.63) is 77.6 Å². The van der Waals surface area contributed by atoms with Gasteiger partial charge in [0.25, 0.3) is 0 Å². The van der Waals surface area contributed by atoms with E-state index in [1.807, 2.05) is 30.3 Å². The van der Waals surface area contributed by atoms with Crippen LogP contribution in [0.25, 0.3) is 11.0 Å². The number of furan rings is 1. The van der Waals surface area contributed by atoms with Gasteiger partial charge < -0.3 is 18.4 Å².